The molecule has 1 aromatic carbocycles. The van der Waals surface area contributed by atoms with Crippen molar-refractivity contribution in [1.29, 1.82) is 0 Å². The van der Waals surface area contributed by atoms with Gasteiger partial charge in [-0.05, 0) is 18.9 Å². The lowest BCUT2D eigenvalue weighted by Gasteiger charge is -1.99. The normalized spacial score (nSPS) is 10.6. The summed E-state index contributed by atoms with van der Waals surface area (Å²) < 4.78 is 2.03. The summed E-state index contributed by atoms with van der Waals surface area (Å²) >= 11 is 0. The first-order valence-electron chi connectivity index (χ1n) is 5.89. The molecular weight excluding hydrogens is 196 g/mol. The average Bonchev–Trinajstić information content (AvgIpc) is 2.75. The molecule has 0 unspecified atom stereocenters. The Morgan fingerprint density at radius 2 is 2.12 bits per heavy atom. The van der Waals surface area contributed by atoms with E-state index in [0.29, 0.717) is 0 Å². The Balaban J connectivity index is 2.18. The summed E-state index contributed by atoms with van der Waals surface area (Å²) in [6, 6.07) is 8.54. The van der Waals surface area contributed by atoms with Gasteiger partial charge in [0.05, 0.1) is 6.20 Å². The van der Waals surface area contributed by atoms with Crippen LogP contribution in [0.15, 0.2) is 36.7 Å². The summed E-state index contributed by atoms with van der Waals surface area (Å²) in [6.07, 6.45) is 6.48. The number of hydrogen-bond acceptors (Lipinski definition) is 1. The van der Waals surface area contributed by atoms with E-state index < -0.39 is 0 Å². The van der Waals surface area contributed by atoms with Gasteiger partial charge >= 0.3 is 0 Å². The number of benzene rings is 1. The molecule has 0 bridgehead atoms. The molecule has 0 radical (unpaired) electrons. The highest BCUT2D eigenvalue weighted by Gasteiger charge is 2.01. The first-order chi connectivity index (χ1) is 7.79. The molecule has 0 atom stereocenters. The standard InChI is InChI=1S/C14H18N2/c1-3-4-8-16-11-14(10-15-16)13-7-5-6-12(2)9-13/h5-7,9-11H,3-4,8H2,1-2H3. The summed E-state index contributed by atoms with van der Waals surface area (Å²) in [5.74, 6) is 0. The van der Waals surface area contributed by atoms with Crippen molar-refractivity contribution in [1.82, 2.24) is 9.78 Å². The fourth-order valence-corrected chi connectivity index (χ4v) is 1.78. The molecule has 2 rings (SSSR count). The van der Waals surface area contributed by atoms with Gasteiger partial charge in [-0.25, -0.2) is 0 Å². The molecule has 1 aromatic heterocycles. The molecule has 84 valence electrons. The first-order valence-corrected chi connectivity index (χ1v) is 5.89. The quantitative estimate of drug-likeness (QED) is 0.759. The molecule has 2 nitrogen and oxygen atoms in total. The Morgan fingerprint density at radius 3 is 2.88 bits per heavy atom. The third kappa shape index (κ3) is 2.51. The van der Waals surface area contributed by atoms with Crippen LogP contribution in [0, 0.1) is 6.92 Å². The topological polar surface area (TPSA) is 17.8 Å². The predicted octanol–water partition coefficient (Wildman–Crippen LogP) is 3.66. The van der Waals surface area contributed by atoms with E-state index in [1.165, 1.54) is 29.5 Å². The molecule has 0 saturated heterocycles. The molecule has 0 saturated carbocycles. The Labute approximate surface area is 96.9 Å². The van der Waals surface area contributed by atoms with Crippen LogP contribution in [0.5, 0.6) is 0 Å². The summed E-state index contributed by atoms with van der Waals surface area (Å²) in [5, 5.41) is 4.38. The highest BCUT2D eigenvalue weighted by molar-refractivity contribution is 5.62. The van der Waals surface area contributed by atoms with E-state index in [1.54, 1.807) is 0 Å². The van der Waals surface area contributed by atoms with E-state index >= 15 is 0 Å². The number of aromatic nitrogens is 2. The molecule has 0 aliphatic carbocycles. The van der Waals surface area contributed by atoms with Crippen molar-refractivity contribution in [3.8, 4) is 11.1 Å². The molecule has 0 amide bonds. The maximum atomic E-state index is 4.38. The number of unbranched alkanes of at least 4 members (excludes halogenated alkanes) is 1. The van der Waals surface area contributed by atoms with Crippen molar-refractivity contribution in [3.05, 3.63) is 42.2 Å². The Morgan fingerprint density at radius 1 is 1.25 bits per heavy atom. The van der Waals surface area contributed by atoms with Gasteiger partial charge in [-0.15, -0.1) is 0 Å². The molecule has 0 fully saturated rings. The van der Waals surface area contributed by atoms with Gasteiger partial charge in [-0.3, -0.25) is 4.68 Å². The lowest BCUT2D eigenvalue weighted by atomic mass is 10.1. The van der Waals surface area contributed by atoms with Crippen LogP contribution in [0.3, 0.4) is 0 Å². The second kappa shape index (κ2) is 4.97. The minimum absolute atomic E-state index is 1.02. The summed E-state index contributed by atoms with van der Waals surface area (Å²) in [4.78, 5) is 0. The van der Waals surface area contributed by atoms with E-state index in [2.05, 4.69) is 49.4 Å². The third-order valence-corrected chi connectivity index (χ3v) is 2.73. The third-order valence-electron chi connectivity index (χ3n) is 2.73. The molecule has 0 aliphatic heterocycles. The fourth-order valence-electron chi connectivity index (χ4n) is 1.78. The lowest BCUT2D eigenvalue weighted by molar-refractivity contribution is 0.572. The van der Waals surface area contributed by atoms with Crippen LogP contribution in [0.4, 0.5) is 0 Å². The highest BCUT2D eigenvalue weighted by atomic mass is 15.3. The summed E-state index contributed by atoms with van der Waals surface area (Å²) in [7, 11) is 0. The Bertz CT molecular complexity index is 457. The van der Waals surface area contributed by atoms with Gasteiger partial charge < -0.3 is 0 Å². The zero-order valence-electron chi connectivity index (χ0n) is 9.98. The molecule has 1 heterocycles. The number of aryl methyl sites for hydroxylation is 2. The molecule has 0 spiro atoms. The Hall–Kier alpha value is -1.57. The maximum absolute atomic E-state index is 4.38. The van der Waals surface area contributed by atoms with E-state index in [9.17, 15) is 0 Å². The largest absolute Gasteiger partial charge is 0.272 e. The second-order valence-electron chi connectivity index (χ2n) is 4.22. The minimum atomic E-state index is 1.02. The van der Waals surface area contributed by atoms with Crippen LogP contribution in [-0.4, -0.2) is 9.78 Å². The van der Waals surface area contributed by atoms with Crippen LogP contribution < -0.4 is 0 Å². The smallest absolute Gasteiger partial charge is 0.0568 e. The zero-order chi connectivity index (χ0) is 11.4. The van der Waals surface area contributed by atoms with Crippen LogP contribution >= 0.6 is 0 Å². The van der Waals surface area contributed by atoms with Crippen LogP contribution in [0.2, 0.25) is 0 Å². The molecular formula is C14H18N2. The molecule has 0 aliphatic rings. The van der Waals surface area contributed by atoms with Crippen LogP contribution in [-0.2, 0) is 6.54 Å². The van der Waals surface area contributed by atoms with Gasteiger partial charge in [0, 0.05) is 18.3 Å². The second-order valence-corrected chi connectivity index (χ2v) is 4.22. The van der Waals surface area contributed by atoms with Gasteiger partial charge in [-0.1, -0.05) is 43.2 Å². The Kier molecular flexibility index (Phi) is 3.40. The van der Waals surface area contributed by atoms with Gasteiger partial charge in [0.2, 0.25) is 0 Å². The van der Waals surface area contributed by atoms with E-state index in [1.807, 2.05) is 10.9 Å². The van der Waals surface area contributed by atoms with Crippen molar-refractivity contribution in [2.24, 2.45) is 0 Å². The lowest BCUT2D eigenvalue weighted by Crippen LogP contribution is -1.96. The minimum Gasteiger partial charge on any atom is -0.272 e. The van der Waals surface area contributed by atoms with E-state index in [4.69, 9.17) is 0 Å². The molecule has 16 heavy (non-hydrogen) atoms. The SMILES string of the molecule is CCCCn1cc(-c2cccc(C)c2)cn1. The van der Waals surface area contributed by atoms with Crippen molar-refractivity contribution in [2.45, 2.75) is 33.2 Å². The molecule has 2 aromatic rings. The average molecular weight is 214 g/mol. The number of hydrogen-bond donors (Lipinski definition) is 0. The first kappa shape index (κ1) is 10.9. The van der Waals surface area contributed by atoms with Crippen molar-refractivity contribution in [2.75, 3.05) is 0 Å². The van der Waals surface area contributed by atoms with Gasteiger partial charge in [0.1, 0.15) is 0 Å². The molecule has 0 N–H and O–H groups in total. The van der Waals surface area contributed by atoms with Gasteiger partial charge in [0.25, 0.3) is 0 Å². The maximum Gasteiger partial charge on any atom is 0.0568 e. The molecule has 2 heteroatoms. The van der Waals surface area contributed by atoms with Crippen LogP contribution in [0.1, 0.15) is 25.3 Å². The van der Waals surface area contributed by atoms with E-state index in [-0.39, 0.29) is 0 Å². The monoisotopic (exact) mass is 214 g/mol. The van der Waals surface area contributed by atoms with E-state index in [0.717, 1.165) is 6.54 Å². The zero-order valence-corrected chi connectivity index (χ0v) is 9.98. The number of rotatable bonds is 4. The fraction of sp³-hybridized carbons (Fsp3) is 0.357. The number of nitrogens with zero attached hydrogens (tertiary/aromatic N) is 2. The summed E-state index contributed by atoms with van der Waals surface area (Å²) in [5.41, 5.74) is 3.75. The van der Waals surface area contributed by atoms with Crippen molar-refractivity contribution < 1.29 is 0 Å². The van der Waals surface area contributed by atoms with Crippen molar-refractivity contribution in [3.63, 3.8) is 0 Å². The predicted molar refractivity (Wildman–Crippen MR) is 67.3 cm³/mol. The highest BCUT2D eigenvalue weighted by Crippen LogP contribution is 2.19. The van der Waals surface area contributed by atoms with Gasteiger partial charge in [0.15, 0.2) is 0 Å². The summed E-state index contributed by atoms with van der Waals surface area (Å²) in [6.45, 7) is 5.33. The van der Waals surface area contributed by atoms with Crippen molar-refractivity contribution >= 4 is 0 Å². The van der Waals surface area contributed by atoms with Crippen LogP contribution in [0.25, 0.3) is 11.1 Å². The van der Waals surface area contributed by atoms with Gasteiger partial charge in [-0.2, -0.15) is 5.10 Å².